The Kier molecular flexibility index (Phi) is 8.47. The van der Waals surface area contributed by atoms with Crippen molar-refractivity contribution in [3.05, 3.63) is 40.0 Å². The van der Waals surface area contributed by atoms with Gasteiger partial charge in [0.05, 0.1) is 10.0 Å². The van der Waals surface area contributed by atoms with Crippen molar-refractivity contribution in [3.63, 3.8) is 0 Å². The SMILES string of the molecule is CSCCC(N/C=C(/C#N)C(=O)Nc1ccc(Cl)c(Cl)c1)C(=O)O. The molecule has 3 N–H and O–H groups in total. The molecule has 1 rings (SSSR count). The molecule has 1 unspecified atom stereocenters. The molecule has 1 atom stereocenters. The van der Waals surface area contributed by atoms with E-state index in [1.165, 1.54) is 30.0 Å². The van der Waals surface area contributed by atoms with E-state index in [4.69, 9.17) is 33.6 Å². The van der Waals surface area contributed by atoms with E-state index in [1.54, 1.807) is 6.07 Å². The number of aliphatic carboxylic acids is 1. The quantitative estimate of drug-likeness (QED) is 0.467. The summed E-state index contributed by atoms with van der Waals surface area (Å²) in [7, 11) is 0. The second-order valence-electron chi connectivity index (χ2n) is 4.59. The number of rotatable bonds is 8. The number of amides is 1. The number of nitrogens with zero attached hydrogens (tertiary/aromatic N) is 1. The minimum absolute atomic E-state index is 0.253. The molecular weight excluding hydrogens is 373 g/mol. The minimum atomic E-state index is -1.05. The molecule has 6 nitrogen and oxygen atoms in total. The van der Waals surface area contributed by atoms with Crippen molar-refractivity contribution >= 4 is 52.5 Å². The lowest BCUT2D eigenvalue weighted by Crippen LogP contribution is -2.34. The monoisotopic (exact) mass is 387 g/mol. The van der Waals surface area contributed by atoms with Gasteiger partial charge in [0.1, 0.15) is 17.7 Å². The molecule has 0 heterocycles. The van der Waals surface area contributed by atoms with Crippen molar-refractivity contribution in [2.75, 3.05) is 17.3 Å². The first-order valence-corrected chi connectivity index (χ1v) is 8.88. The van der Waals surface area contributed by atoms with E-state index < -0.39 is 17.9 Å². The molecule has 1 amide bonds. The molecule has 0 aliphatic heterocycles. The zero-order valence-electron chi connectivity index (χ0n) is 12.7. The normalized spacial score (nSPS) is 12.2. The molecule has 0 aliphatic carbocycles. The molecular formula is C15H15Cl2N3O3S. The lowest BCUT2D eigenvalue weighted by molar-refractivity contribution is -0.139. The topological polar surface area (TPSA) is 102 Å². The summed E-state index contributed by atoms with van der Waals surface area (Å²) in [5.74, 6) is -1.10. The van der Waals surface area contributed by atoms with Crippen LogP contribution in [0.2, 0.25) is 10.0 Å². The van der Waals surface area contributed by atoms with Gasteiger partial charge >= 0.3 is 5.97 Å². The van der Waals surface area contributed by atoms with Gasteiger partial charge in [-0.3, -0.25) is 4.79 Å². The molecule has 0 bridgehead atoms. The number of halogens is 2. The van der Waals surface area contributed by atoms with Crippen molar-refractivity contribution in [1.29, 1.82) is 5.26 Å². The Balaban J connectivity index is 2.79. The molecule has 0 spiro atoms. The van der Waals surface area contributed by atoms with Crippen LogP contribution in [0.4, 0.5) is 5.69 Å². The Morgan fingerprint density at radius 3 is 2.67 bits per heavy atom. The highest BCUT2D eigenvalue weighted by atomic mass is 35.5. The van der Waals surface area contributed by atoms with Gasteiger partial charge in [-0.05, 0) is 36.6 Å². The number of thioether (sulfide) groups is 1. The lowest BCUT2D eigenvalue weighted by Gasteiger charge is -2.12. The Morgan fingerprint density at radius 2 is 2.12 bits per heavy atom. The Labute approximate surface area is 153 Å². The van der Waals surface area contributed by atoms with Crippen LogP contribution in [0.5, 0.6) is 0 Å². The first-order chi connectivity index (χ1) is 11.4. The zero-order valence-corrected chi connectivity index (χ0v) is 15.0. The van der Waals surface area contributed by atoms with E-state index in [-0.39, 0.29) is 10.6 Å². The van der Waals surface area contributed by atoms with Crippen molar-refractivity contribution in [1.82, 2.24) is 5.32 Å². The maximum atomic E-state index is 12.1. The number of carboxylic acids is 1. The van der Waals surface area contributed by atoms with Crippen molar-refractivity contribution < 1.29 is 14.7 Å². The Bertz CT molecular complexity index is 689. The average molecular weight is 388 g/mol. The van der Waals surface area contributed by atoms with E-state index in [2.05, 4.69) is 10.6 Å². The molecule has 0 saturated heterocycles. The number of carbonyl (C=O) groups is 2. The predicted molar refractivity (Wildman–Crippen MR) is 96.3 cm³/mol. The minimum Gasteiger partial charge on any atom is -0.480 e. The third kappa shape index (κ3) is 6.32. The van der Waals surface area contributed by atoms with Crippen LogP contribution in [0.25, 0.3) is 0 Å². The molecule has 0 radical (unpaired) electrons. The van der Waals surface area contributed by atoms with Gasteiger partial charge in [-0.1, -0.05) is 23.2 Å². The smallest absolute Gasteiger partial charge is 0.326 e. The fourth-order valence-corrected chi connectivity index (χ4v) is 2.39. The van der Waals surface area contributed by atoms with Gasteiger partial charge in [0.15, 0.2) is 0 Å². The van der Waals surface area contributed by atoms with Gasteiger partial charge in [0.25, 0.3) is 5.91 Å². The largest absolute Gasteiger partial charge is 0.480 e. The molecule has 0 saturated carbocycles. The molecule has 9 heteroatoms. The summed E-state index contributed by atoms with van der Waals surface area (Å²) in [6, 6.07) is 5.34. The number of carbonyl (C=O) groups excluding carboxylic acids is 1. The second-order valence-corrected chi connectivity index (χ2v) is 6.39. The van der Waals surface area contributed by atoms with Gasteiger partial charge < -0.3 is 15.7 Å². The highest BCUT2D eigenvalue weighted by molar-refractivity contribution is 7.98. The van der Waals surface area contributed by atoms with Gasteiger partial charge in [-0.15, -0.1) is 0 Å². The average Bonchev–Trinajstić information content (AvgIpc) is 2.54. The van der Waals surface area contributed by atoms with Crippen molar-refractivity contribution in [2.24, 2.45) is 0 Å². The third-order valence-electron chi connectivity index (χ3n) is 2.88. The number of benzene rings is 1. The maximum absolute atomic E-state index is 12.1. The van der Waals surface area contributed by atoms with Crippen LogP contribution in [-0.2, 0) is 9.59 Å². The number of anilines is 1. The molecule has 0 aromatic heterocycles. The van der Waals surface area contributed by atoms with E-state index in [1.807, 2.05) is 6.26 Å². The maximum Gasteiger partial charge on any atom is 0.326 e. The van der Waals surface area contributed by atoms with Crippen LogP contribution in [0.1, 0.15) is 6.42 Å². The zero-order chi connectivity index (χ0) is 18.1. The van der Waals surface area contributed by atoms with Crippen LogP contribution in [-0.4, -0.2) is 35.0 Å². The van der Waals surface area contributed by atoms with Crippen LogP contribution in [0, 0.1) is 11.3 Å². The summed E-state index contributed by atoms with van der Waals surface area (Å²) in [6.45, 7) is 0. The molecule has 1 aromatic carbocycles. The van der Waals surface area contributed by atoms with Gasteiger partial charge in [-0.2, -0.15) is 17.0 Å². The molecule has 0 aliphatic rings. The van der Waals surface area contributed by atoms with Gasteiger partial charge in [0.2, 0.25) is 0 Å². The van der Waals surface area contributed by atoms with E-state index in [0.717, 1.165) is 6.20 Å². The second kappa shape index (κ2) is 10.1. The molecule has 24 heavy (non-hydrogen) atoms. The number of carboxylic acid groups (broad SMARTS) is 1. The highest BCUT2D eigenvalue weighted by Crippen LogP contribution is 2.25. The highest BCUT2D eigenvalue weighted by Gasteiger charge is 2.17. The number of hydrogen-bond donors (Lipinski definition) is 3. The van der Waals surface area contributed by atoms with Crippen LogP contribution in [0.3, 0.4) is 0 Å². The fraction of sp³-hybridized carbons (Fsp3) is 0.267. The van der Waals surface area contributed by atoms with Crippen molar-refractivity contribution in [2.45, 2.75) is 12.5 Å². The third-order valence-corrected chi connectivity index (χ3v) is 4.26. The van der Waals surface area contributed by atoms with Crippen LogP contribution in [0.15, 0.2) is 30.0 Å². The van der Waals surface area contributed by atoms with Crippen molar-refractivity contribution in [3.8, 4) is 6.07 Å². The van der Waals surface area contributed by atoms with Crippen LogP contribution < -0.4 is 10.6 Å². The van der Waals surface area contributed by atoms with Gasteiger partial charge in [-0.25, -0.2) is 4.79 Å². The fourth-order valence-electron chi connectivity index (χ4n) is 1.62. The first kappa shape index (κ1) is 20.2. The summed E-state index contributed by atoms with van der Waals surface area (Å²) in [4.78, 5) is 23.2. The van der Waals surface area contributed by atoms with Crippen LogP contribution >= 0.6 is 35.0 Å². The van der Waals surface area contributed by atoms with E-state index in [0.29, 0.717) is 22.9 Å². The molecule has 1 aromatic rings. The van der Waals surface area contributed by atoms with Gasteiger partial charge in [0, 0.05) is 11.9 Å². The number of nitrogens with one attached hydrogen (secondary N) is 2. The standard InChI is InChI=1S/C15H15Cl2N3O3S/c1-24-5-4-13(15(22)23)19-8-9(7-18)14(21)20-10-2-3-11(16)12(17)6-10/h2-3,6,8,13,19H,4-5H2,1H3,(H,20,21)(H,22,23)/b9-8-. The first-order valence-electron chi connectivity index (χ1n) is 6.73. The summed E-state index contributed by atoms with van der Waals surface area (Å²) < 4.78 is 0. The van der Waals surface area contributed by atoms with E-state index in [9.17, 15) is 9.59 Å². The molecule has 128 valence electrons. The van der Waals surface area contributed by atoms with E-state index >= 15 is 0 Å². The predicted octanol–water partition coefficient (Wildman–Crippen LogP) is 3.14. The summed E-state index contributed by atoms with van der Waals surface area (Å²) in [5, 5.41) is 23.9. The Hall–Kier alpha value is -1.88. The number of hydrogen-bond acceptors (Lipinski definition) is 5. The molecule has 0 fully saturated rings. The lowest BCUT2D eigenvalue weighted by atomic mass is 10.2. The summed E-state index contributed by atoms with van der Waals surface area (Å²) in [6.07, 6.45) is 3.33. The summed E-state index contributed by atoms with van der Waals surface area (Å²) >= 11 is 13.1. The number of nitriles is 1. The Morgan fingerprint density at radius 1 is 1.42 bits per heavy atom. The summed E-state index contributed by atoms with van der Waals surface area (Å²) in [5.41, 5.74) is 0.115.